The maximum atomic E-state index is 15.4. The summed E-state index contributed by atoms with van der Waals surface area (Å²) in [5.41, 5.74) is 6.67. The standard InChI is InChI=1S/C33H31FN6O5/c1-39-29-15-22(42)14-25-23(5-3-6-24(25)31-20(18-36-37-19-41)4-2-7-27(31)34)26(29)16-28(33(39)44)38-30-9-8-21(17-35-30)32(43)40-10-12-45-13-11-40/h2-9,16-19,22,42H,10-15H2,1H3,(H,35,38)(H,37,41)/b36-18-. The molecule has 2 aliphatic rings. The molecule has 2 aromatic carbocycles. The van der Waals surface area contributed by atoms with Crippen molar-refractivity contribution in [2.24, 2.45) is 12.1 Å². The molecule has 3 N–H and O–H groups in total. The number of aliphatic hydroxyl groups is 1. The predicted molar refractivity (Wildman–Crippen MR) is 167 cm³/mol. The van der Waals surface area contributed by atoms with Crippen LogP contribution >= 0.6 is 0 Å². The van der Waals surface area contributed by atoms with Crippen molar-refractivity contribution in [2.45, 2.75) is 18.9 Å². The first kappa shape index (κ1) is 29.9. The molecule has 0 bridgehead atoms. The Balaban J connectivity index is 1.40. The Morgan fingerprint density at radius 3 is 2.62 bits per heavy atom. The first-order valence-corrected chi connectivity index (χ1v) is 14.5. The van der Waals surface area contributed by atoms with Crippen LogP contribution in [0.25, 0.3) is 22.3 Å². The van der Waals surface area contributed by atoms with Gasteiger partial charge in [-0.2, -0.15) is 5.10 Å². The monoisotopic (exact) mass is 610 g/mol. The minimum Gasteiger partial charge on any atom is -0.392 e. The highest BCUT2D eigenvalue weighted by atomic mass is 19.1. The van der Waals surface area contributed by atoms with Crippen LogP contribution in [0.3, 0.4) is 0 Å². The van der Waals surface area contributed by atoms with E-state index in [2.05, 4.69) is 20.8 Å². The molecule has 0 saturated carbocycles. The van der Waals surface area contributed by atoms with Gasteiger partial charge >= 0.3 is 0 Å². The van der Waals surface area contributed by atoms with E-state index in [1.807, 2.05) is 6.07 Å². The molecule has 3 heterocycles. The Morgan fingerprint density at radius 1 is 1.09 bits per heavy atom. The lowest BCUT2D eigenvalue weighted by atomic mass is 9.88. The van der Waals surface area contributed by atoms with E-state index >= 15 is 4.39 Å². The first-order chi connectivity index (χ1) is 21.9. The molecule has 12 heteroatoms. The molecule has 230 valence electrons. The van der Waals surface area contributed by atoms with E-state index in [0.717, 1.165) is 5.56 Å². The van der Waals surface area contributed by atoms with Gasteiger partial charge in [0.1, 0.15) is 17.3 Å². The van der Waals surface area contributed by atoms with E-state index in [0.29, 0.717) is 72.0 Å². The number of nitrogens with one attached hydrogen (secondary N) is 2. The van der Waals surface area contributed by atoms with Gasteiger partial charge in [-0.3, -0.25) is 14.4 Å². The van der Waals surface area contributed by atoms with Crippen LogP contribution in [0.1, 0.15) is 27.2 Å². The number of carbonyl (C=O) groups is 2. The number of halogens is 1. The lowest BCUT2D eigenvalue weighted by Crippen LogP contribution is -2.40. The third kappa shape index (κ3) is 5.97. The average Bonchev–Trinajstić information content (AvgIpc) is 3.20. The van der Waals surface area contributed by atoms with Crippen LogP contribution in [-0.2, 0) is 29.4 Å². The van der Waals surface area contributed by atoms with Gasteiger partial charge in [-0.15, -0.1) is 0 Å². The molecular formula is C33H31FN6O5. The molecule has 1 atom stereocenters. The molecule has 4 aromatic rings. The smallest absolute Gasteiger partial charge is 0.274 e. The normalized spacial score (nSPS) is 16.1. The van der Waals surface area contributed by atoms with E-state index in [4.69, 9.17) is 4.74 Å². The largest absolute Gasteiger partial charge is 0.392 e. The van der Waals surface area contributed by atoms with E-state index < -0.39 is 11.9 Å². The minimum absolute atomic E-state index is 0.131. The highest BCUT2D eigenvalue weighted by Crippen LogP contribution is 2.40. The predicted octanol–water partition coefficient (Wildman–Crippen LogP) is 3.01. The Morgan fingerprint density at radius 2 is 1.87 bits per heavy atom. The second-order valence-corrected chi connectivity index (χ2v) is 10.8. The molecule has 1 fully saturated rings. The zero-order valence-corrected chi connectivity index (χ0v) is 24.5. The molecule has 6 rings (SSSR count). The lowest BCUT2D eigenvalue weighted by molar-refractivity contribution is -0.109. The number of fused-ring (bicyclic) bond motifs is 3. The maximum Gasteiger partial charge on any atom is 0.274 e. The second-order valence-electron chi connectivity index (χ2n) is 10.8. The number of aliphatic hydroxyl groups excluding tert-OH is 1. The summed E-state index contributed by atoms with van der Waals surface area (Å²) in [7, 11) is 1.65. The maximum absolute atomic E-state index is 15.4. The summed E-state index contributed by atoms with van der Waals surface area (Å²) in [6, 6.07) is 15.1. The van der Waals surface area contributed by atoms with Crippen LogP contribution in [0.2, 0.25) is 0 Å². The lowest BCUT2D eigenvalue weighted by Gasteiger charge is -2.26. The molecule has 11 nitrogen and oxygen atoms in total. The van der Waals surface area contributed by atoms with E-state index in [9.17, 15) is 19.5 Å². The molecule has 45 heavy (non-hydrogen) atoms. The fourth-order valence-corrected chi connectivity index (χ4v) is 5.92. The van der Waals surface area contributed by atoms with Gasteiger partial charge in [-0.25, -0.2) is 14.8 Å². The molecule has 0 spiro atoms. The van der Waals surface area contributed by atoms with Gasteiger partial charge in [0.15, 0.2) is 0 Å². The van der Waals surface area contributed by atoms with Crippen molar-refractivity contribution in [1.82, 2.24) is 19.9 Å². The van der Waals surface area contributed by atoms with Crippen LogP contribution in [0.4, 0.5) is 15.9 Å². The van der Waals surface area contributed by atoms with Crippen molar-refractivity contribution < 1.29 is 23.8 Å². The van der Waals surface area contributed by atoms with Gasteiger partial charge in [0, 0.05) is 55.1 Å². The summed E-state index contributed by atoms with van der Waals surface area (Å²) in [5.74, 6) is -0.233. The van der Waals surface area contributed by atoms with Crippen molar-refractivity contribution in [1.29, 1.82) is 0 Å². The Labute approximate surface area is 258 Å². The summed E-state index contributed by atoms with van der Waals surface area (Å²) < 4.78 is 22.2. The number of carbonyl (C=O) groups excluding carboxylic acids is 2. The Hall–Kier alpha value is -5.20. The molecule has 1 aliphatic heterocycles. The van der Waals surface area contributed by atoms with Crippen LogP contribution in [-0.4, -0.2) is 70.5 Å². The first-order valence-electron chi connectivity index (χ1n) is 14.5. The van der Waals surface area contributed by atoms with E-state index in [1.165, 1.54) is 23.0 Å². The van der Waals surface area contributed by atoms with Gasteiger partial charge in [-0.05, 0) is 47.4 Å². The number of nitrogens with zero attached hydrogens (tertiary/aromatic N) is 4. The minimum atomic E-state index is -0.839. The highest BCUT2D eigenvalue weighted by molar-refractivity contribution is 5.95. The number of pyridine rings is 2. The topological polar surface area (TPSA) is 138 Å². The van der Waals surface area contributed by atoms with Gasteiger partial charge in [0.2, 0.25) is 6.41 Å². The molecule has 2 aromatic heterocycles. The summed E-state index contributed by atoms with van der Waals surface area (Å²) in [4.78, 5) is 43.1. The van der Waals surface area contributed by atoms with Crippen LogP contribution in [0.5, 0.6) is 0 Å². The number of benzene rings is 2. The van der Waals surface area contributed by atoms with Crippen LogP contribution in [0.15, 0.2) is 70.7 Å². The van der Waals surface area contributed by atoms with E-state index in [1.54, 1.807) is 54.4 Å². The number of anilines is 2. The number of hydrogen-bond donors (Lipinski definition) is 3. The van der Waals surface area contributed by atoms with Crippen molar-refractivity contribution in [3.8, 4) is 22.3 Å². The number of aromatic nitrogens is 2. The molecule has 1 saturated heterocycles. The van der Waals surface area contributed by atoms with Gasteiger partial charge < -0.3 is 24.6 Å². The summed E-state index contributed by atoms with van der Waals surface area (Å²) >= 11 is 0. The van der Waals surface area contributed by atoms with Crippen molar-refractivity contribution in [3.05, 3.63) is 99.3 Å². The van der Waals surface area contributed by atoms with Gasteiger partial charge in [-0.1, -0.05) is 30.3 Å². The average molecular weight is 611 g/mol. The van der Waals surface area contributed by atoms with Crippen molar-refractivity contribution >= 4 is 30.0 Å². The van der Waals surface area contributed by atoms with Crippen molar-refractivity contribution in [2.75, 3.05) is 31.6 Å². The number of rotatable bonds is 7. The quantitative estimate of drug-likeness (QED) is 0.166. The fraction of sp³-hybridized carbons (Fsp3) is 0.242. The Kier molecular flexibility index (Phi) is 8.49. The van der Waals surface area contributed by atoms with Gasteiger partial charge in [0.05, 0.1) is 31.1 Å². The van der Waals surface area contributed by atoms with E-state index in [-0.39, 0.29) is 35.6 Å². The SMILES string of the molecule is Cn1c2c(cc(Nc3ccc(C(=O)N4CCOCC4)cn3)c1=O)-c1cccc(-c3c(F)cccc3/C=N\NC=O)c1CC(O)C2. The van der Waals surface area contributed by atoms with Crippen molar-refractivity contribution in [3.63, 3.8) is 0 Å². The molecular weight excluding hydrogens is 579 g/mol. The Bertz CT molecular complexity index is 1850. The third-order valence-corrected chi connectivity index (χ3v) is 8.09. The second kappa shape index (κ2) is 12.8. The summed E-state index contributed by atoms with van der Waals surface area (Å²) in [6.45, 7) is 2.03. The number of hydrazone groups is 1. The molecule has 1 aliphatic carbocycles. The summed E-state index contributed by atoms with van der Waals surface area (Å²) in [6.07, 6.45) is 2.85. The number of amides is 2. The van der Waals surface area contributed by atoms with Gasteiger partial charge in [0.25, 0.3) is 11.5 Å². The molecule has 0 radical (unpaired) electrons. The number of morpholine rings is 1. The van der Waals surface area contributed by atoms with Crippen LogP contribution < -0.4 is 16.3 Å². The molecule has 1 unspecified atom stereocenters. The zero-order valence-electron chi connectivity index (χ0n) is 24.5. The third-order valence-electron chi connectivity index (χ3n) is 8.09. The molecule has 2 amide bonds. The number of ether oxygens (including phenoxy) is 1. The van der Waals surface area contributed by atoms with Crippen LogP contribution in [0, 0.1) is 5.82 Å². The zero-order chi connectivity index (χ0) is 31.5. The fourth-order valence-electron chi connectivity index (χ4n) is 5.92. The summed E-state index contributed by atoms with van der Waals surface area (Å²) in [5, 5.41) is 18.0. The highest BCUT2D eigenvalue weighted by Gasteiger charge is 2.27. The number of hydrogen-bond acceptors (Lipinski definition) is 8.